The molecule has 2 heterocycles. The third-order valence-electron chi connectivity index (χ3n) is 4.34. The van der Waals surface area contributed by atoms with E-state index in [2.05, 4.69) is 0 Å². The van der Waals surface area contributed by atoms with Crippen molar-refractivity contribution < 1.29 is 23.1 Å². The molecule has 2 aliphatic rings. The number of rotatable bonds is 3. The highest BCUT2D eigenvalue weighted by Gasteiger charge is 2.36. The van der Waals surface area contributed by atoms with Gasteiger partial charge in [0.05, 0.1) is 18.1 Å². The van der Waals surface area contributed by atoms with E-state index in [0.717, 1.165) is 0 Å². The van der Waals surface area contributed by atoms with Crippen LogP contribution in [0, 0.1) is 0 Å². The predicted octanol–water partition coefficient (Wildman–Crippen LogP) is -2.23. The lowest BCUT2D eigenvalue weighted by Crippen LogP contribution is -2.54. The molecule has 1 atom stereocenters. The van der Waals surface area contributed by atoms with Gasteiger partial charge in [0.2, 0.25) is 0 Å². The first kappa shape index (κ1) is 17.2. The van der Waals surface area contributed by atoms with E-state index in [0.29, 0.717) is 39.1 Å². The monoisotopic (exact) mass is 333 g/mol. The van der Waals surface area contributed by atoms with Gasteiger partial charge in [-0.25, -0.2) is 8.42 Å². The van der Waals surface area contributed by atoms with Crippen molar-refractivity contribution in [2.75, 3.05) is 57.9 Å². The van der Waals surface area contributed by atoms with Gasteiger partial charge in [-0.2, -0.15) is 0 Å². The van der Waals surface area contributed by atoms with Crippen LogP contribution in [0.15, 0.2) is 0 Å². The lowest BCUT2D eigenvalue weighted by molar-refractivity contribution is -0.153. The van der Waals surface area contributed by atoms with Crippen molar-refractivity contribution in [1.29, 1.82) is 0 Å². The molecule has 2 rings (SSSR count). The summed E-state index contributed by atoms with van der Waals surface area (Å²) in [5, 5.41) is 8.89. The summed E-state index contributed by atoms with van der Waals surface area (Å²) in [6, 6.07) is -0.405. The molecule has 0 bridgehead atoms. The third-order valence-corrected chi connectivity index (χ3v) is 6.09. The van der Waals surface area contributed by atoms with Crippen molar-refractivity contribution in [3.63, 3.8) is 0 Å². The number of carbonyl (C=O) groups excluding carboxylic acids is 2. The Morgan fingerprint density at radius 2 is 1.86 bits per heavy atom. The first-order chi connectivity index (χ1) is 10.3. The number of aliphatic hydroxyl groups is 1. The molecule has 1 unspecified atom stereocenters. The van der Waals surface area contributed by atoms with Gasteiger partial charge in [0.15, 0.2) is 9.84 Å². The zero-order valence-electron chi connectivity index (χ0n) is 12.8. The maximum atomic E-state index is 12.2. The van der Waals surface area contributed by atoms with E-state index >= 15 is 0 Å². The van der Waals surface area contributed by atoms with Gasteiger partial charge in [-0.05, 0) is 6.42 Å². The lowest BCUT2D eigenvalue weighted by atomic mass is 10.2. The molecule has 2 aliphatic heterocycles. The fraction of sp³-hybridized carbons (Fsp3) is 0.846. The van der Waals surface area contributed by atoms with Crippen molar-refractivity contribution in [2.24, 2.45) is 0 Å². The Morgan fingerprint density at radius 3 is 2.36 bits per heavy atom. The van der Waals surface area contributed by atoms with Crippen molar-refractivity contribution >= 4 is 21.7 Å². The largest absolute Gasteiger partial charge is 0.395 e. The van der Waals surface area contributed by atoms with Crippen LogP contribution < -0.4 is 0 Å². The second-order valence-corrected chi connectivity index (χ2v) is 8.06. The van der Waals surface area contributed by atoms with Crippen LogP contribution in [0.2, 0.25) is 0 Å². The van der Waals surface area contributed by atoms with E-state index in [1.165, 1.54) is 16.8 Å². The van der Waals surface area contributed by atoms with Crippen LogP contribution in [0.25, 0.3) is 0 Å². The molecule has 126 valence electrons. The zero-order valence-corrected chi connectivity index (χ0v) is 13.6. The number of aliphatic hydroxyl groups excluding tert-OH is 1. The Bertz CT molecular complexity index is 528. The van der Waals surface area contributed by atoms with E-state index < -0.39 is 27.7 Å². The van der Waals surface area contributed by atoms with Crippen LogP contribution in [0.4, 0.5) is 0 Å². The summed E-state index contributed by atoms with van der Waals surface area (Å²) in [4.78, 5) is 29.3. The van der Waals surface area contributed by atoms with Crippen molar-refractivity contribution in [1.82, 2.24) is 14.7 Å². The number of hydrogen-bond acceptors (Lipinski definition) is 6. The topological polar surface area (TPSA) is 98.2 Å². The smallest absolute Gasteiger partial charge is 0.312 e. The highest BCUT2D eigenvalue weighted by Crippen LogP contribution is 2.17. The average molecular weight is 333 g/mol. The van der Waals surface area contributed by atoms with Gasteiger partial charge < -0.3 is 14.9 Å². The number of hydrogen-bond donors (Lipinski definition) is 1. The van der Waals surface area contributed by atoms with E-state index in [-0.39, 0.29) is 18.1 Å². The number of likely N-dealkylation sites (N-methyl/N-ethyl adjacent to an activating group) is 1. The summed E-state index contributed by atoms with van der Waals surface area (Å²) in [6.45, 7) is 2.78. The molecule has 1 N–H and O–H groups in total. The molecule has 2 fully saturated rings. The van der Waals surface area contributed by atoms with Gasteiger partial charge in [-0.1, -0.05) is 0 Å². The first-order valence-electron chi connectivity index (χ1n) is 7.44. The highest BCUT2D eigenvalue weighted by atomic mass is 32.2. The molecule has 0 radical (unpaired) electrons. The molecule has 0 aromatic rings. The maximum Gasteiger partial charge on any atom is 0.312 e. The normalized spacial score (nSPS) is 25.2. The Kier molecular flexibility index (Phi) is 5.41. The van der Waals surface area contributed by atoms with Crippen LogP contribution in [-0.4, -0.2) is 104 Å². The summed E-state index contributed by atoms with van der Waals surface area (Å²) in [7, 11) is -1.59. The molecular weight excluding hydrogens is 310 g/mol. The van der Waals surface area contributed by atoms with E-state index in [9.17, 15) is 18.0 Å². The Labute approximate surface area is 130 Å². The molecule has 8 nitrogen and oxygen atoms in total. The minimum absolute atomic E-state index is 0.0627. The lowest BCUT2D eigenvalue weighted by Gasteiger charge is -2.35. The molecule has 0 aromatic heterocycles. The number of sulfone groups is 1. The second-order valence-electron chi connectivity index (χ2n) is 5.83. The summed E-state index contributed by atoms with van der Waals surface area (Å²) in [6.07, 6.45) is 0.391. The van der Waals surface area contributed by atoms with Crippen LogP contribution >= 0.6 is 0 Å². The predicted molar refractivity (Wildman–Crippen MR) is 79.9 cm³/mol. The molecule has 0 saturated carbocycles. The Balaban J connectivity index is 1.88. The van der Waals surface area contributed by atoms with Gasteiger partial charge in [-0.3, -0.25) is 14.5 Å². The quantitative estimate of drug-likeness (QED) is 0.587. The number of nitrogens with zero attached hydrogens (tertiary/aromatic N) is 3. The van der Waals surface area contributed by atoms with Gasteiger partial charge in [0.1, 0.15) is 0 Å². The standard InChI is InChI=1S/C13H23N3O5S/c1-14(11-2-9-22(20,21)10-11)12(18)13(19)16-5-3-15(4-6-16)7-8-17/h11,17H,2-10H2,1H3. The fourth-order valence-corrected chi connectivity index (χ4v) is 4.62. The Hall–Kier alpha value is -1.19. The van der Waals surface area contributed by atoms with Crippen LogP contribution in [0.5, 0.6) is 0 Å². The number of amides is 2. The molecule has 0 aliphatic carbocycles. The number of β-amino-alcohol motifs (C(OH)–C–C–N with tert-alkyl or cyclic N) is 1. The second kappa shape index (κ2) is 6.93. The van der Waals surface area contributed by atoms with Gasteiger partial charge in [-0.15, -0.1) is 0 Å². The van der Waals surface area contributed by atoms with E-state index in [1.54, 1.807) is 0 Å². The van der Waals surface area contributed by atoms with Crippen LogP contribution in [0.3, 0.4) is 0 Å². The summed E-state index contributed by atoms with van der Waals surface area (Å²) >= 11 is 0. The molecule has 2 saturated heterocycles. The SMILES string of the molecule is CN(C(=O)C(=O)N1CCN(CCO)CC1)C1CCS(=O)(=O)C1. The number of carbonyl (C=O) groups is 2. The minimum Gasteiger partial charge on any atom is -0.395 e. The average Bonchev–Trinajstić information content (AvgIpc) is 2.86. The van der Waals surface area contributed by atoms with E-state index in [4.69, 9.17) is 5.11 Å². The van der Waals surface area contributed by atoms with Crippen molar-refractivity contribution in [3.05, 3.63) is 0 Å². The molecule has 2 amide bonds. The van der Waals surface area contributed by atoms with Gasteiger partial charge in [0, 0.05) is 45.8 Å². The first-order valence-corrected chi connectivity index (χ1v) is 9.26. The summed E-state index contributed by atoms with van der Waals surface area (Å²) < 4.78 is 23.0. The third kappa shape index (κ3) is 3.96. The van der Waals surface area contributed by atoms with Crippen molar-refractivity contribution in [3.8, 4) is 0 Å². The number of piperazine rings is 1. The fourth-order valence-electron chi connectivity index (χ4n) is 2.85. The zero-order chi connectivity index (χ0) is 16.3. The van der Waals surface area contributed by atoms with Crippen LogP contribution in [0.1, 0.15) is 6.42 Å². The molecular formula is C13H23N3O5S. The maximum absolute atomic E-state index is 12.2. The highest BCUT2D eigenvalue weighted by molar-refractivity contribution is 7.91. The molecule has 0 spiro atoms. The Morgan fingerprint density at radius 1 is 1.23 bits per heavy atom. The molecule has 0 aromatic carbocycles. The van der Waals surface area contributed by atoms with Gasteiger partial charge in [0.25, 0.3) is 0 Å². The molecule has 22 heavy (non-hydrogen) atoms. The van der Waals surface area contributed by atoms with E-state index in [1.807, 2.05) is 4.90 Å². The van der Waals surface area contributed by atoms with Gasteiger partial charge >= 0.3 is 11.8 Å². The molecule has 9 heteroatoms. The summed E-state index contributed by atoms with van der Waals surface area (Å²) in [5.74, 6) is -1.20. The minimum atomic E-state index is -3.09. The van der Waals surface area contributed by atoms with Crippen LogP contribution in [-0.2, 0) is 19.4 Å². The van der Waals surface area contributed by atoms with Crippen molar-refractivity contribution in [2.45, 2.75) is 12.5 Å². The summed E-state index contributed by atoms with van der Waals surface area (Å²) in [5.41, 5.74) is 0.